The van der Waals surface area contributed by atoms with Gasteiger partial charge in [0.1, 0.15) is 11.9 Å². The summed E-state index contributed by atoms with van der Waals surface area (Å²) >= 11 is 3.11. The maximum atomic E-state index is 9.53. The molecular formula is C8H12BrNO3. The van der Waals surface area contributed by atoms with Crippen molar-refractivity contribution in [3.8, 4) is 0 Å². The zero-order valence-corrected chi connectivity index (χ0v) is 8.78. The first-order valence-corrected chi connectivity index (χ1v) is 4.70. The largest absolute Gasteiger partial charge is 0.451 e. The SMILES string of the molecule is CNCC(O)C(O)c1ccc(Br)o1. The smallest absolute Gasteiger partial charge is 0.169 e. The van der Waals surface area contributed by atoms with Crippen molar-refractivity contribution in [2.45, 2.75) is 12.2 Å². The van der Waals surface area contributed by atoms with Gasteiger partial charge in [0.2, 0.25) is 0 Å². The minimum absolute atomic E-state index is 0.319. The lowest BCUT2D eigenvalue weighted by atomic mass is 10.1. The van der Waals surface area contributed by atoms with Crippen molar-refractivity contribution in [3.05, 3.63) is 22.6 Å². The second-order valence-electron chi connectivity index (χ2n) is 2.71. The summed E-state index contributed by atoms with van der Waals surface area (Å²) in [6.07, 6.45) is -1.85. The molecule has 0 aliphatic carbocycles. The van der Waals surface area contributed by atoms with E-state index < -0.39 is 12.2 Å². The van der Waals surface area contributed by atoms with Crippen molar-refractivity contribution >= 4 is 15.9 Å². The van der Waals surface area contributed by atoms with Gasteiger partial charge in [0.15, 0.2) is 4.67 Å². The van der Waals surface area contributed by atoms with Gasteiger partial charge in [-0.1, -0.05) is 0 Å². The molecule has 1 heterocycles. The van der Waals surface area contributed by atoms with Crippen molar-refractivity contribution in [2.75, 3.05) is 13.6 Å². The Morgan fingerprint density at radius 3 is 2.69 bits per heavy atom. The number of aliphatic hydroxyl groups is 2. The van der Waals surface area contributed by atoms with Crippen LogP contribution in [0.25, 0.3) is 0 Å². The van der Waals surface area contributed by atoms with Crippen molar-refractivity contribution in [1.29, 1.82) is 0 Å². The van der Waals surface area contributed by atoms with Gasteiger partial charge in [-0.2, -0.15) is 0 Å². The molecular weight excluding hydrogens is 238 g/mol. The van der Waals surface area contributed by atoms with E-state index in [1.807, 2.05) is 0 Å². The second-order valence-corrected chi connectivity index (χ2v) is 3.49. The molecule has 1 aromatic heterocycles. The lowest BCUT2D eigenvalue weighted by molar-refractivity contribution is 0.00691. The van der Waals surface area contributed by atoms with Crippen LogP contribution in [0.5, 0.6) is 0 Å². The van der Waals surface area contributed by atoms with Crippen LogP contribution in [0.1, 0.15) is 11.9 Å². The molecule has 0 aliphatic heterocycles. The molecule has 0 saturated heterocycles. The molecule has 4 nitrogen and oxygen atoms in total. The lowest BCUT2D eigenvalue weighted by Gasteiger charge is -2.14. The van der Waals surface area contributed by atoms with Gasteiger partial charge in [0.25, 0.3) is 0 Å². The second kappa shape index (κ2) is 4.76. The Labute approximate surface area is 84.7 Å². The van der Waals surface area contributed by atoms with Crippen LogP contribution in [-0.2, 0) is 0 Å². The van der Waals surface area contributed by atoms with Crippen LogP contribution in [-0.4, -0.2) is 29.9 Å². The molecule has 0 amide bonds. The maximum absolute atomic E-state index is 9.53. The summed E-state index contributed by atoms with van der Waals surface area (Å²) in [4.78, 5) is 0. The van der Waals surface area contributed by atoms with Crippen LogP contribution >= 0.6 is 15.9 Å². The number of halogens is 1. The average Bonchev–Trinajstić information content (AvgIpc) is 2.51. The third-order valence-corrected chi connectivity index (χ3v) is 2.09. The van der Waals surface area contributed by atoms with Crippen LogP contribution in [0.4, 0.5) is 0 Å². The Morgan fingerprint density at radius 2 is 2.23 bits per heavy atom. The van der Waals surface area contributed by atoms with Gasteiger partial charge in [-0.3, -0.25) is 0 Å². The minimum Gasteiger partial charge on any atom is -0.451 e. The molecule has 0 saturated carbocycles. The van der Waals surface area contributed by atoms with Crippen LogP contribution in [0.15, 0.2) is 21.2 Å². The Morgan fingerprint density at radius 1 is 1.54 bits per heavy atom. The third kappa shape index (κ3) is 2.80. The van der Waals surface area contributed by atoms with Gasteiger partial charge in [-0.15, -0.1) is 0 Å². The molecule has 0 spiro atoms. The Bertz CT molecular complexity index is 264. The molecule has 74 valence electrons. The molecule has 0 fully saturated rings. The summed E-state index contributed by atoms with van der Waals surface area (Å²) < 4.78 is 5.63. The number of hydrogen-bond donors (Lipinski definition) is 3. The van der Waals surface area contributed by atoms with Crippen LogP contribution in [0, 0.1) is 0 Å². The Balaban J connectivity index is 2.61. The molecule has 3 N–H and O–H groups in total. The maximum Gasteiger partial charge on any atom is 0.169 e. The van der Waals surface area contributed by atoms with Crippen molar-refractivity contribution in [1.82, 2.24) is 5.32 Å². The number of furan rings is 1. The predicted octanol–water partition coefficient (Wildman–Crippen LogP) is 0.656. The molecule has 1 aromatic rings. The van der Waals surface area contributed by atoms with Gasteiger partial charge in [-0.05, 0) is 35.1 Å². The Hall–Kier alpha value is -0.360. The number of aliphatic hydroxyl groups excluding tert-OH is 2. The van der Waals surface area contributed by atoms with Gasteiger partial charge >= 0.3 is 0 Å². The first-order chi connectivity index (χ1) is 6.15. The number of rotatable bonds is 4. The normalized spacial score (nSPS) is 15.7. The molecule has 0 aromatic carbocycles. The lowest BCUT2D eigenvalue weighted by Crippen LogP contribution is -2.29. The number of nitrogens with one attached hydrogen (secondary N) is 1. The van der Waals surface area contributed by atoms with Gasteiger partial charge < -0.3 is 19.9 Å². The van der Waals surface area contributed by atoms with E-state index in [2.05, 4.69) is 21.2 Å². The molecule has 0 radical (unpaired) electrons. The molecule has 0 aliphatic rings. The van der Waals surface area contributed by atoms with Gasteiger partial charge in [0.05, 0.1) is 6.10 Å². The van der Waals surface area contributed by atoms with Crippen LogP contribution in [0.2, 0.25) is 0 Å². The fourth-order valence-corrected chi connectivity index (χ4v) is 1.32. The summed E-state index contributed by atoms with van der Waals surface area (Å²) in [5.41, 5.74) is 0. The van der Waals surface area contributed by atoms with E-state index in [4.69, 9.17) is 4.42 Å². The minimum atomic E-state index is -0.987. The predicted molar refractivity (Wildman–Crippen MR) is 51.3 cm³/mol. The molecule has 13 heavy (non-hydrogen) atoms. The summed E-state index contributed by atoms with van der Waals surface area (Å²) in [7, 11) is 1.70. The van der Waals surface area contributed by atoms with E-state index in [-0.39, 0.29) is 0 Å². The van der Waals surface area contributed by atoms with E-state index in [0.29, 0.717) is 17.0 Å². The molecule has 2 atom stereocenters. The highest BCUT2D eigenvalue weighted by molar-refractivity contribution is 9.10. The van der Waals surface area contributed by atoms with Crippen molar-refractivity contribution in [3.63, 3.8) is 0 Å². The average molecular weight is 250 g/mol. The zero-order chi connectivity index (χ0) is 9.84. The van der Waals surface area contributed by atoms with Gasteiger partial charge in [0, 0.05) is 6.54 Å². The summed E-state index contributed by atoms with van der Waals surface area (Å²) in [5, 5.41) is 21.7. The summed E-state index contributed by atoms with van der Waals surface area (Å²) in [5.74, 6) is 0.356. The highest BCUT2D eigenvalue weighted by Crippen LogP contribution is 2.22. The zero-order valence-electron chi connectivity index (χ0n) is 7.20. The summed E-state index contributed by atoms with van der Waals surface area (Å²) in [6, 6.07) is 3.29. The number of hydrogen-bond acceptors (Lipinski definition) is 4. The highest BCUT2D eigenvalue weighted by Gasteiger charge is 2.20. The van der Waals surface area contributed by atoms with Gasteiger partial charge in [-0.25, -0.2) is 0 Å². The topological polar surface area (TPSA) is 65.6 Å². The van der Waals surface area contributed by atoms with Crippen molar-refractivity contribution < 1.29 is 14.6 Å². The highest BCUT2D eigenvalue weighted by atomic mass is 79.9. The Kier molecular flexibility index (Phi) is 3.92. The quantitative estimate of drug-likeness (QED) is 0.734. The van der Waals surface area contributed by atoms with Crippen LogP contribution < -0.4 is 5.32 Å². The third-order valence-electron chi connectivity index (χ3n) is 1.66. The molecule has 5 heteroatoms. The monoisotopic (exact) mass is 249 g/mol. The summed E-state index contributed by atoms with van der Waals surface area (Å²) in [6.45, 7) is 0.319. The molecule has 1 rings (SSSR count). The van der Waals surface area contributed by atoms with E-state index in [9.17, 15) is 10.2 Å². The van der Waals surface area contributed by atoms with Crippen LogP contribution in [0.3, 0.4) is 0 Å². The first kappa shape index (κ1) is 10.7. The van der Waals surface area contributed by atoms with E-state index in [0.717, 1.165) is 0 Å². The van der Waals surface area contributed by atoms with E-state index in [1.54, 1.807) is 19.2 Å². The standard InChI is InChI=1S/C8H12BrNO3/c1-10-4-5(11)8(12)6-2-3-7(9)13-6/h2-3,5,8,10-12H,4H2,1H3. The fourth-order valence-electron chi connectivity index (χ4n) is 0.998. The van der Waals surface area contributed by atoms with E-state index in [1.165, 1.54) is 0 Å². The molecule has 0 bridgehead atoms. The fraction of sp³-hybridized carbons (Fsp3) is 0.500. The van der Waals surface area contributed by atoms with Crippen molar-refractivity contribution in [2.24, 2.45) is 0 Å². The first-order valence-electron chi connectivity index (χ1n) is 3.91. The molecule has 2 unspecified atom stereocenters. The van der Waals surface area contributed by atoms with E-state index >= 15 is 0 Å². The number of likely N-dealkylation sites (N-methyl/N-ethyl adjacent to an activating group) is 1.